The van der Waals surface area contributed by atoms with Crippen LogP contribution in [-0.4, -0.2) is 19.6 Å². The van der Waals surface area contributed by atoms with Crippen molar-refractivity contribution < 1.29 is 21.1 Å². The quantitative estimate of drug-likeness (QED) is 0.521. The summed E-state index contributed by atoms with van der Waals surface area (Å²) >= 11 is 0. The second-order valence-corrected chi connectivity index (χ2v) is 5.35. The number of pyridine rings is 1. The van der Waals surface area contributed by atoms with Crippen molar-refractivity contribution in [1.82, 2.24) is 4.98 Å². The van der Waals surface area contributed by atoms with Gasteiger partial charge in [-0.3, -0.25) is 0 Å². The maximum Gasteiger partial charge on any atom is 0.397 e. The van der Waals surface area contributed by atoms with E-state index >= 15 is 0 Å². The van der Waals surface area contributed by atoms with E-state index in [2.05, 4.69) is 83.8 Å². The van der Waals surface area contributed by atoms with Crippen LogP contribution in [0.25, 0.3) is 11.1 Å². The second kappa shape index (κ2) is 6.59. The van der Waals surface area contributed by atoms with Crippen molar-refractivity contribution in [2.75, 3.05) is 16.7 Å². The minimum absolute atomic E-state index is 0. The first-order chi connectivity index (χ1) is 10.8. The zero-order valence-electron chi connectivity index (χ0n) is 12.7. The largest absolute Gasteiger partial charge is 0.400 e. The van der Waals surface area contributed by atoms with E-state index in [0.29, 0.717) is 0 Å². The van der Waals surface area contributed by atoms with Crippen molar-refractivity contribution >= 4 is 24.7 Å². The van der Waals surface area contributed by atoms with Gasteiger partial charge in [0, 0.05) is 32.9 Å². The van der Waals surface area contributed by atoms with Gasteiger partial charge >= 0.3 is 7.55 Å². The van der Waals surface area contributed by atoms with Gasteiger partial charge in [-0.15, -0.1) is 0 Å². The van der Waals surface area contributed by atoms with E-state index in [4.69, 9.17) is 0 Å². The molecule has 0 bridgehead atoms. The molecule has 3 aromatic rings. The van der Waals surface area contributed by atoms with Crippen molar-refractivity contribution in [1.29, 1.82) is 0 Å². The SMILES string of the molecule is CN1[B]N(c2cc(-c3ccccc3)ccn2)c2ccccc21.[Pt]. The minimum Gasteiger partial charge on any atom is -0.400 e. The number of aromatic nitrogens is 1. The maximum atomic E-state index is 4.55. The molecule has 2 heterocycles. The molecule has 23 heavy (non-hydrogen) atoms. The Morgan fingerprint density at radius 3 is 2.30 bits per heavy atom. The second-order valence-electron chi connectivity index (χ2n) is 5.35. The Balaban J connectivity index is 0.00000156. The fraction of sp³-hybridized carbons (Fsp3) is 0.0556. The van der Waals surface area contributed by atoms with Crippen LogP contribution >= 0.6 is 0 Å². The molecule has 0 N–H and O–H groups in total. The summed E-state index contributed by atoms with van der Waals surface area (Å²) in [6, 6.07) is 22.9. The normalized spacial score (nSPS) is 12.4. The smallest absolute Gasteiger partial charge is 0.397 e. The molecular weight excluding hydrogens is 464 g/mol. The molecule has 2 aromatic carbocycles. The number of hydrogen-bond acceptors (Lipinski definition) is 3. The van der Waals surface area contributed by atoms with E-state index in [0.717, 1.165) is 11.5 Å². The van der Waals surface area contributed by atoms with Crippen molar-refractivity contribution in [2.24, 2.45) is 0 Å². The molecule has 0 amide bonds. The number of benzene rings is 2. The number of nitrogens with zero attached hydrogens (tertiary/aromatic N) is 3. The standard InChI is InChI=1S/C18H15BN3.Pt/c1-21-16-9-5-6-10-17(16)22(19-21)18-13-15(11-12-20-18)14-7-3-2-4-8-14;/h2-13H,1H3;. The molecule has 115 valence electrons. The summed E-state index contributed by atoms with van der Waals surface area (Å²) < 4.78 is 0. The number of anilines is 3. The molecule has 4 rings (SSSR count). The topological polar surface area (TPSA) is 19.4 Å². The molecule has 0 saturated carbocycles. The Bertz CT molecular complexity index is 810. The van der Waals surface area contributed by atoms with Crippen LogP contribution in [0.15, 0.2) is 72.9 Å². The maximum absolute atomic E-state index is 4.55. The third kappa shape index (κ3) is 2.91. The van der Waals surface area contributed by atoms with Gasteiger partial charge in [0.15, 0.2) is 0 Å². The van der Waals surface area contributed by atoms with E-state index in [1.807, 2.05) is 18.3 Å². The predicted octanol–water partition coefficient (Wildman–Crippen LogP) is 3.87. The van der Waals surface area contributed by atoms with Crippen molar-refractivity contribution in [3.05, 3.63) is 72.9 Å². The Labute approximate surface area is 151 Å². The third-order valence-corrected chi connectivity index (χ3v) is 3.91. The summed E-state index contributed by atoms with van der Waals surface area (Å²) in [4.78, 5) is 8.79. The molecule has 0 saturated heterocycles. The molecule has 0 unspecified atom stereocenters. The van der Waals surface area contributed by atoms with Gasteiger partial charge in [0.1, 0.15) is 5.82 Å². The van der Waals surface area contributed by atoms with E-state index in [9.17, 15) is 0 Å². The average Bonchev–Trinajstić information content (AvgIpc) is 2.93. The van der Waals surface area contributed by atoms with Gasteiger partial charge in [0.05, 0.1) is 5.69 Å². The third-order valence-electron chi connectivity index (χ3n) is 3.91. The fourth-order valence-corrected chi connectivity index (χ4v) is 2.81. The molecule has 1 aliphatic rings. The molecule has 0 spiro atoms. The molecule has 3 nitrogen and oxygen atoms in total. The van der Waals surface area contributed by atoms with Crippen molar-refractivity contribution in [3.63, 3.8) is 0 Å². The minimum atomic E-state index is 0. The van der Waals surface area contributed by atoms with Gasteiger partial charge < -0.3 is 9.62 Å². The van der Waals surface area contributed by atoms with Gasteiger partial charge in [-0.1, -0.05) is 42.5 Å². The Morgan fingerprint density at radius 1 is 0.826 bits per heavy atom. The summed E-state index contributed by atoms with van der Waals surface area (Å²) in [6.07, 6.45) is 1.87. The van der Waals surface area contributed by atoms with Crippen LogP contribution in [0.2, 0.25) is 0 Å². The van der Waals surface area contributed by atoms with Crippen LogP contribution in [0.3, 0.4) is 0 Å². The molecule has 0 atom stereocenters. The van der Waals surface area contributed by atoms with E-state index in [1.54, 1.807) is 0 Å². The molecule has 1 aliphatic heterocycles. The van der Waals surface area contributed by atoms with Crippen LogP contribution in [0.4, 0.5) is 17.2 Å². The number of para-hydroxylation sites is 2. The van der Waals surface area contributed by atoms with E-state index in [-0.39, 0.29) is 21.1 Å². The molecule has 1 aromatic heterocycles. The molecule has 1 radical (unpaired) electrons. The number of hydrogen-bond donors (Lipinski definition) is 0. The summed E-state index contributed by atoms with van der Waals surface area (Å²) in [5.74, 6) is 0.929. The summed E-state index contributed by atoms with van der Waals surface area (Å²) in [5.41, 5.74) is 4.72. The van der Waals surface area contributed by atoms with E-state index < -0.39 is 0 Å². The van der Waals surface area contributed by atoms with Gasteiger partial charge in [-0.25, -0.2) is 4.98 Å². The van der Waals surface area contributed by atoms with Gasteiger partial charge in [0.2, 0.25) is 0 Å². The Hall–Kier alpha value is -2.06. The number of fused-ring (bicyclic) bond motifs is 1. The summed E-state index contributed by atoms with van der Waals surface area (Å²) in [7, 11) is 4.13. The van der Waals surface area contributed by atoms with Crippen molar-refractivity contribution in [2.45, 2.75) is 0 Å². The first-order valence-electron chi connectivity index (χ1n) is 7.30. The molecule has 5 heteroatoms. The van der Waals surface area contributed by atoms with Crippen LogP contribution in [0.5, 0.6) is 0 Å². The zero-order valence-corrected chi connectivity index (χ0v) is 14.9. The van der Waals surface area contributed by atoms with Gasteiger partial charge in [-0.05, 0) is 42.4 Å². The first-order valence-corrected chi connectivity index (χ1v) is 7.30. The molecular formula is C18H15BN3Pt. The van der Waals surface area contributed by atoms with Crippen molar-refractivity contribution in [3.8, 4) is 11.1 Å². The molecule has 0 aliphatic carbocycles. The monoisotopic (exact) mass is 479 g/mol. The number of rotatable bonds is 2. The molecule has 0 fully saturated rings. The zero-order chi connectivity index (χ0) is 14.9. The summed E-state index contributed by atoms with van der Waals surface area (Å²) in [6.45, 7) is 0. The van der Waals surface area contributed by atoms with Crippen LogP contribution < -0.4 is 9.62 Å². The Morgan fingerprint density at radius 2 is 1.52 bits per heavy atom. The Kier molecular flexibility index (Phi) is 4.54. The van der Waals surface area contributed by atoms with E-state index in [1.165, 1.54) is 16.8 Å². The van der Waals surface area contributed by atoms with Gasteiger partial charge in [0.25, 0.3) is 0 Å². The summed E-state index contributed by atoms with van der Waals surface area (Å²) in [5, 5.41) is 0. The fourth-order valence-electron chi connectivity index (χ4n) is 2.81. The van der Waals surface area contributed by atoms with Gasteiger partial charge in [-0.2, -0.15) is 0 Å². The van der Waals surface area contributed by atoms with Crippen LogP contribution in [0.1, 0.15) is 0 Å². The predicted molar refractivity (Wildman–Crippen MR) is 92.4 cm³/mol. The van der Waals surface area contributed by atoms with Crippen LogP contribution in [-0.2, 0) is 21.1 Å². The van der Waals surface area contributed by atoms with Crippen LogP contribution in [0, 0.1) is 0 Å². The average molecular weight is 479 g/mol. The first kappa shape index (κ1) is 15.8.